The summed E-state index contributed by atoms with van der Waals surface area (Å²) < 4.78 is 0.829. The standard InChI is InChI=1S/C16H11BrClNO/c17-14-6-5-12(18)9-13(14)16(20)11-4-3-10-2-1-7-19-15(10)8-11/h1-9,16,20H. The van der Waals surface area contributed by atoms with E-state index in [4.69, 9.17) is 11.6 Å². The van der Waals surface area contributed by atoms with E-state index in [0.29, 0.717) is 5.02 Å². The second-order valence-corrected chi connectivity index (χ2v) is 5.81. The lowest BCUT2D eigenvalue weighted by Gasteiger charge is -2.14. The van der Waals surface area contributed by atoms with Gasteiger partial charge in [-0.05, 0) is 35.9 Å². The second-order valence-electron chi connectivity index (χ2n) is 4.52. The Morgan fingerprint density at radius 2 is 1.95 bits per heavy atom. The molecule has 3 aromatic rings. The van der Waals surface area contributed by atoms with Gasteiger partial charge in [-0.1, -0.05) is 45.7 Å². The van der Waals surface area contributed by atoms with E-state index in [1.807, 2.05) is 36.4 Å². The van der Waals surface area contributed by atoms with Crippen LogP contribution in [0, 0.1) is 0 Å². The van der Waals surface area contributed by atoms with Crippen molar-refractivity contribution < 1.29 is 5.11 Å². The van der Waals surface area contributed by atoms with Crippen LogP contribution in [0.3, 0.4) is 0 Å². The topological polar surface area (TPSA) is 33.1 Å². The van der Waals surface area contributed by atoms with Gasteiger partial charge in [-0.15, -0.1) is 0 Å². The zero-order chi connectivity index (χ0) is 14.1. The molecule has 1 heterocycles. The van der Waals surface area contributed by atoms with Gasteiger partial charge in [0.1, 0.15) is 6.10 Å². The first kappa shape index (κ1) is 13.6. The van der Waals surface area contributed by atoms with E-state index in [0.717, 1.165) is 26.5 Å². The van der Waals surface area contributed by atoms with E-state index < -0.39 is 6.10 Å². The summed E-state index contributed by atoms with van der Waals surface area (Å²) in [4.78, 5) is 4.31. The van der Waals surface area contributed by atoms with Gasteiger partial charge in [-0.25, -0.2) is 0 Å². The molecule has 0 aliphatic heterocycles. The number of pyridine rings is 1. The summed E-state index contributed by atoms with van der Waals surface area (Å²) >= 11 is 9.44. The van der Waals surface area contributed by atoms with Crippen molar-refractivity contribution in [2.75, 3.05) is 0 Å². The van der Waals surface area contributed by atoms with Gasteiger partial charge in [0.2, 0.25) is 0 Å². The largest absolute Gasteiger partial charge is 0.384 e. The first-order valence-corrected chi connectivity index (χ1v) is 7.30. The maximum absolute atomic E-state index is 10.5. The SMILES string of the molecule is OC(c1ccc2cccnc2c1)c1cc(Cl)ccc1Br. The van der Waals surface area contributed by atoms with E-state index >= 15 is 0 Å². The highest BCUT2D eigenvalue weighted by Gasteiger charge is 2.14. The van der Waals surface area contributed by atoms with Crippen LogP contribution in [0.15, 0.2) is 59.2 Å². The van der Waals surface area contributed by atoms with Crippen molar-refractivity contribution >= 4 is 38.4 Å². The lowest BCUT2D eigenvalue weighted by molar-refractivity contribution is 0.219. The molecule has 1 N–H and O–H groups in total. The van der Waals surface area contributed by atoms with Crippen LogP contribution >= 0.6 is 27.5 Å². The van der Waals surface area contributed by atoms with Gasteiger partial charge >= 0.3 is 0 Å². The van der Waals surface area contributed by atoms with Gasteiger partial charge in [0, 0.05) is 26.6 Å². The predicted molar refractivity (Wildman–Crippen MR) is 85.0 cm³/mol. The predicted octanol–water partition coefficient (Wildman–Crippen LogP) is 4.73. The summed E-state index contributed by atoms with van der Waals surface area (Å²) in [6.45, 7) is 0. The third-order valence-electron chi connectivity index (χ3n) is 3.20. The molecule has 3 rings (SSSR count). The normalized spacial score (nSPS) is 12.6. The van der Waals surface area contributed by atoms with E-state index in [2.05, 4.69) is 20.9 Å². The van der Waals surface area contributed by atoms with Gasteiger partial charge in [-0.2, -0.15) is 0 Å². The second kappa shape index (κ2) is 5.52. The third kappa shape index (κ3) is 2.57. The maximum atomic E-state index is 10.5. The number of nitrogens with zero attached hydrogens (tertiary/aromatic N) is 1. The minimum Gasteiger partial charge on any atom is -0.384 e. The Morgan fingerprint density at radius 3 is 2.80 bits per heavy atom. The highest BCUT2D eigenvalue weighted by atomic mass is 79.9. The summed E-state index contributed by atoms with van der Waals surface area (Å²) in [6, 6.07) is 15.0. The monoisotopic (exact) mass is 347 g/mol. The fraction of sp³-hybridized carbons (Fsp3) is 0.0625. The van der Waals surface area contributed by atoms with Crippen molar-refractivity contribution in [3.63, 3.8) is 0 Å². The summed E-state index contributed by atoms with van der Waals surface area (Å²) in [5.74, 6) is 0. The summed E-state index contributed by atoms with van der Waals surface area (Å²) in [6.07, 6.45) is 1.00. The first-order chi connectivity index (χ1) is 9.65. The molecule has 0 amide bonds. The van der Waals surface area contributed by atoms with E-state index in [9.17, 15) is 5.11 Å². The third-order valence-corrected chi connectivity index (χ3v) is 4.16. The molecule has 0 aliphatic carbocycles. The number of aliphatic hydroxyl groups is 1. The van der Waals surface area contributed by atoms with E-state index in [-0.39, 0.29) is 0 Å². The Morgan fingerprint density at radius 1 is 1.10 bits per heavy atom. The summed E-state index contributed by atoms with van der Waals surface area (Å²) in [5, 5.41) is 12.2. The molecular weight excluding hydrogens is 338 g/mol. The molecule has 0 saturated heterocycles. The maximum Gasteiger partial charge on any atom is 0.105 e. The molecule has 100 valence electrons. The molecule has 0 radical (unpaired) electrons. The van der Waals surface area contributed by atoms with Crippen molar-refractivity contribution in [3.05, 3.63) is 75.4 Å². The minimum atomic E-state index is -0.741. The zero-order valence-corrected chi connectivity index (χ0v) is 12.8. The number of hydrogen-bond acceptors (Lipinski definition) is 2. The molecule has 0 spiro atoms. The molecule has 0 aliphatic rings. The number of fused-ring (bicyclic) bond motifs is 1. The van der Waals surface area contributed by atoms with Crippen molar-refractivity contribution in [2.24, 2.45) is 0 Å². The molecule has 1 aromatic heterocycles. The smallest absolute Gasteiger partial charge is 0.105 e. The summed E-state index contributed by atoms with van der Waals surface area (Å²) in [7, 11) is 0. The summed E-state index contributed by atoms with van der Waals surface area (Å²) in [5.41, 5.74) is 2.40. The van der Waals surface area contributed by atoms with Crippen LogP contribution in [-0.2, 0) is 0 Å². The molecule has 2 aromatic carbocycles. The van der Waals surface area contributed by atoms with Gasteiger partial charge in [0.05, 0.1) is 5.52 Å². The van der Waals surface area contributed by atoms with Crippen molar-refractivity contribution in [2.45, 2.75) is 6.10 Å². The Kier molecular flexibility index (Phi) is 3.74. The molecule has 1 unspecified atom stereocenters. The molecule has 4 heteroatoms. The highest BCUT2D eigenvalue weighted by molar-refractivity contribution is 9.10. The van der Waals surface area contributed by atoms with Crippen molar-refractivity contribution in [3.8, 4) is 0 Å². The average molecular weight is 349 g/mol. The minimum absolute atomic E-state index is 0.598. The zero-order valence-electron chi connectivity index (χ0n) is 10.4. The molecule has 0 saturated carbocycles. The fourth-order valence-corrected chi connectivity index (χ4v) is 2.80. The number of halogens is 2. The lowest BCUT2D eigenvalue weighted by Crippen LogP contribution is -2.01. The molecule has 0 bridgehead atoms. The van der Waals surface area contributed by atoms with Gasteiger partial charge in [-0.3, -0.25) is 4.98 Å². The van der Waals surface area contributed by atoms with Crippen LogP contribution in [0.5, 0.6) is 0 Å². The Labute approximate surface area is 130 Å². The fourth-order valence-electron chi connectivity index (χ4n) is 2.16. The van der Waals surface area contributed by atoms with Crippen LogP contribution < -0.4 is 0 Å². The molecular formula is C16H11BrClNO. The quantitative estimate of drug-likeness (QED) is 0.726. The van der Waals surface area contributed by atoms with Gasteiger partial charge in [0.15, 0.2) is 0 Å². The average Bonchev–Trinajstić information content (AvgIpc) is 2.48. The van der Waals surface area contributed by atoms with E-state index in [1.54, 1.807) is 18.3 Å². The number of aromatic nitrogens is 1. The van der Waals surface area contributed by atoms with Crippen LogP contribution in [0.2, 0.25) is 5.02 Å². The van der Waals surface area contributed by atoms with Crippen LogP contribution in [0.1, 0.15) is 17.2 Å². The highest BCUT2D eigenvalue weighted by Crippen LogP contribution is 2.31. The Balaban J connectivity index is 2.07. The first-order valence-electron chi connectivity index (χ1n) is 6.13. The molecule has 1 atom stereocenters. The molecule has 2 nitrogen and oxygen atoms in total. The van der Waals surface area contributed by atoms with Crippen molar-refractivity contribution in [1.29, 1.82) is 0 Å². The number of rotatable bonds is 2. The van der Waals surface area contributed by atoms with Crippen molar-refractivity contribution in [1.82, 2.24) is 4.98 Å². The van der Waals surface area contributed by atoms with E-state index in [1.165, 1.54) is 0 Å². The lowest BCUT2D eigenvalue weighted by atomic mass is 10.0. The van der Waals surface area contributed by atoms with Gasteiger partial charge in [0.25, 0.3) is 0 Å². The Hall–Kier alpha value is -1.42. The molecule has 20 heavy (non-hydrogen) atoms. The van der Waals surface area contributed by atoms with Crippen LogP contribution in [0.25, 0.3) is 10.9 Å². The number of benzene rings is 2. The molecule has 0 fully saturated rings. The van der Waals surface area contributed by atoms with Gasteiger partial charge < -0.3 is 5.11 Å². The Bertz CT molecular complexity index is 775. The number of aliphatic hydroxyl groups excluding tert-OH is 1. The van der Waals surface area contributed by atoms with Crippen LogP contribution in [-0.4, -0.2) is 10.1 Å². The van der Waals surface area contributed by atoms with Crippen LogP contribution in [0.4, 0.5) is 0 Å². The number of hydrogen-bond donors (Lipinski definition) is 1.